The van der Waals surface area contributed by atoms with Crippen LogP contribution in [0, 0.1) is 11.7 Å². The van der Waals surface area contributed by atoms with Crippen molar-refractivity contribution in [2.45, 2.75) is 26.2 Å². The summed E-state index contributed by atoms with van der Waals surface area (Å²) in [4.78, 5) is 0. The predicted molar refractivity (Wildman–Crippen MR) is 82.1 cm³/mol. The Kier molecular flexibility index (Phi) is 5.45. The fraction of sp³-hybridized carbons (Fsp3) is 0.600. The normalized spacial score (nSPS) is 21.0. The molecule has 1 aliphatic rings. The van der Waals surface area contributed by atoms with E-state index in [4.69, 9.17) is 4.74 Å². The lowest BCUT2D eigenvalue weighted by Gasteiger charge is -2.22. The molecule has 1 aromatic rings. The van der Waals surface area contributed by atoms with Gasteiger partial charge in [-0.25, -0.2) is 12.8 Å². The SMILES string of the molecule is CCCOc1ccc(NCC2CCCS(=O)(=O)C2)cc1F. The molecule has 0 aromatic heterocycles. The Hall–Kier alpha value is -1.30. The third kappa shape index (κ3) is 4.88. The molecule has 0 saturated carbocycles. The first-order chi connectivity index (χ1) is 10.00. The summed E-state index contributed by atoms with van der Waals surface area (Å²) in [5.74, 6) is 0.470. The van der Waals surface area contributed by atoms with E-state index >= 15 is 0 Å². The summed E-state index contributed by atoms with van der Waals surface area (Å²) < 4.78 is 42.2. The molecule has 1 aromatic carbocycles. The topological polar surface area (TPSA) is 55.4 Å². The van der Waals surface area contributed by atoms with Crippen molar-refractivity contribution >= 4 is 15.5 Å². The van der Waals surface area contributed by atoms with Gasteiger partial charge in [0, 0.05) is 18.3 Å². The smallest absolute Gasteiger partial charge is 0.167 e. The van der Waals surface area contributed by atoms with Gasteiger partial charge in [-0.05, 0) is 37.3 Å². The van der Waals surface area contributed by atoms with Crippen LogP contribution in [-0.4, -0.2) is 33.1 Å². The summed E-state index contributed by atoms with van der Waals surface area (Å²) in [6.45, 7) is 3.00. The number of benzene rings is 1. The van der Waals surface area contributed by atoms with Crippen LogP contribution in [0.5, 0.6) is 5.75 Å². The molecule has 2 rings (SSSR count). The molecule has 6 heteroatoms. The van der Waals surface area contributed by atoms with E-state index in [9.17, 15) is 12.8 Å². The third-order valence-electron chi connectivity index (χ3n) is 3.55. The van der Waals surface area contributed by atoms with Gasteiger partial charge in [0.15, 0.2) is 21.4 Å². The Morgan fingerprint density at radius 2 is 2.24 bits per heavy atom. The first kappa shape index (κ1) is 16.1. The molecule has 4 nitrogen and oxygen atoms in total. The second-order valence-corrected chi connectivity index (χ2v) is 7.73. The van der Waals surface area contributed by atoms with Crippen LogP contribution in [0.2, 0.25) is 0 Å². The Morgan fingerprint density at radius 3 is 2.90 bits per heavy atom. The maximum Gasteiger partial charge on any atom is 0.167 e. The number of halogens is 1. The molecule has 0 bridgehead atoms. The van der Waals surface area contributed by atoms with E-state index in [2.05, 4.69) is 5.32 Å². The van der Waals surface area contributed by atoms with Gasteiger partial charge in [0.1, 0.15) is 0 Å². The summed E-state index contributed by atoms with van der Waals surface area (Å²) >= 11 is 0. The highest BCUT2D eigenvalue weighted by Crippen LogP contribution is 2.23. The molecule has 21 heavy (non-hydrogen) atoms. The lowest BCUT2D eigenvalue weighted by molar-refractivity contribution is 0.301. The molecule has 1 heterocycles. The molecule has 1 aliphatic heterocycles. The maximum absolute atomic E-state index is 13.8. The molecular formula is C15H22FNO3S. The minimum absolute atomic E-state index is 0.0998. The molecule has 0 amide bonds. The number of nitrogens with one attached hydrogen (secondary N) is 1. The number of hydrogen-bond donors (Lipinski definition) is 1. The minimum Gasteiger partial charge on any atom is -0.491 e. The monoisotopic (exact) mass is 315 g/mol. The van der Waals surface area contributed by atoms with Crippen molar-refractivity contribution in [2.75, 3.05) is 30.0 Å². The highest BCUT2D eigenvalue weighted by molar-refractivity contribution is 7.91. The van der Waals surface area contributed by atoms with Crippen molar-refractivity contribution in [3.05, 3.63) is 24.0 Å². The van der Waals surface area contributed by atoms with Gasteiger partial charge in [-0.1, -0.05) is 6.92 Å². The molecule has 0 spiro atoms. The van der Waals surface area contributed by atoms with E-state index in [0.29, 0.717) is 31.0 Å². The van der Waals surface area contributed by atoms with Gasteiger partial charge < -0.3 is 10.1 Å². The number of ether oxygens (including phenoxy) is 1. The molecule has 1 fully saturated rings. The Morgan fingerprint density at radius 1 is 1.43 bits per heavy atom. The van der Waals surface area contributed by atoms with Crippen molar-refractivity contribution in [3.8, 4) is 5.75 Å². The van der Waals surface area contributed by atoms with E-state index in [0.717, 1.165) is 12.8 Å². The molecule has 1 atom stereocenters. The summed E-state index contributed by atoms with van der Waals surface area (Å²) in [5, 5.41) is 3.12. The molecule has 1 saturated heterocycles. The van der Waals surface area contributed by atoms with Crippen molar-refractivity contribution in [3.63, 3.8) is 0 Å². The van der Waals surface area contributed by atoms with Gasteiger partial charge in [0.2, 0.25) is 0 Å². The van der Waals surface area contributed by atoms with Gasteiger partial charge in [-0.3, -0.25) is 0 Å². The summed E-state index contributed by atoms with van der Waals surface area (Å²) in [5.41, 5.74) is 0.652. The van der Waals surface area contributed by atoms with Crippen LogP contribution in [0.3, 0.4) is 0 Å². The Balaban J connectivity index is 1.90. The van der Waals surface area contributed by atoms with Crippen molar-refractivity contribution < 1.29 is 17.5 Å². The molecule has 0 aliphatic carbocycles. The minimum atomic E-state index is -2.90. The van der Waals surface area contributed by atoms with E-state index in [1.807, 2.05) is 6.92 Å². The second-order valence-electron chi connectivity index (χ2n) is 5.50. The van der Waals surface area contributed by atoms with Gasteiger partial charge in [-0.2, -0.15) is 0 Å². The molecule has 0 radical (unpaired) electrons. The number of hydrogen-bond acceptors (Lipinski definition) is 4. The third-order valence-corrected chi connectivity index (χ3v) is 5.44. The summed E-state index contributed by atoms with van der Waals surface area (Å²) in [6, 6.07) is 4.75. The number of sulfone groups is 1. The molecule has 118 valence electrons. The zero-order valence-electron chi connectivity index (χ0n) is 12.3. The zero-order chi connectivity index (χ0) is 15.3. The quantitative estimate of drug-likeness (QED) is 0.877. The largest absolute Gasteiger partial charge is 0.491 e. The van der Waals surface area contributed by atoms with Crippen LogP contribution in [0.15, 0.2) is 18.2 Å². The average Bonchev–Trinajstić information content (AvgIpc) is 2.43. The van der Waals surface area contributed by atoms with Crippen LogP contribution in [0.25, 0.3) is 0 Å². The van der Waals surface area contributed by atoms with E-state index in [1.54, 1.807) is 12.1 Å². The number of anilines is 1. The first-order valence-electron chi connectivity index (χ1n) is 7.37. The summed E-state index contributed by atoms with van der Waals surface area (Å²) in [7, 11) is -2.90. The van der Waals surface area contributed by atoms with Crippen LogP contribution in [-0.2, 0) is 9.84 Å². The van der Waals surface area contributed by atoms with E-state index in [-0.39, 0.29) is 17.4 Å². The van der Waals surface area contributed by atoms with Gasteiger partial charge in [-0.15, -0.1) is 0 Å². The first-order valence-corrected chi connectivity index (χ1v) is 9.19. The van der Waals surface area contributed by atoms with Crippen LogP contribution >= 0.6 is 0 Å². The lowest BCUT2D eigenvalue weighted by atomic mass is 10.1. The highest BCUT2D eigenvalue weighted by atomic mass is 32.2. The van der Waals surface area contributed by atoms with Crippen LogP contribution < -0.4 is 10.1 Å². The average molecular weight is 315 g/mol. The van der Waals surface area contributed by atoms with E-state index < -0.39 is 15.7 Å². The second kappa shape index (κ2) is 7.11. The predicted octanol–water partition coefficient (Wildman–Crippen LogP) is 2.85. The standard InChI is InChI=1S/C15H22FNO3S/c1-2-7-20-15-6-5-13(9-14(15)16)17-10-12-4-3-8-21(18,19)11-12/h5-6,9,12,17H,2-4,7-8,10-11H2,1H3. The van der Waals surface area contributed by atoms with Crippen molar-refractivity contribution in [1.82, 2.24) is 0 Å². The lowest BCUT2D eigenvalue weighted by Crippen LogP contribution is -2.29. The fourth-order valence-corrected chi connectivity index (χ4v) is 4.26. The fourth-order valence-electron chi connectivity index (χ4n) is 2.48. The summed E-state index contributed by atoms with van der Waals surface area (Å²) in [6.07, 6.45) is 2.44. The Labute approximate surface area is 125 Å². The van der Waals surface area contributed by atoms with Crippen molar-refractivity contribution in [2.24, 2.45) is 5.92 Å². The van der Waals surface area contributed by atoms with Gasteiger partial charge >= 0.3 is 0 Å². The van der Waals surface area contributed by atoms with Crippen LogP contribution in [0.1, 0.15) is 26.2 Å². The Bertz CT molecular complexity index is 574. The zero-order valence-corrected chi connectivity index (χ0v) is 13.1. The van der Waals surface area contributed by atoms with Crippen LogP contribution in [0.4, 0.5) is 10.1 Å². The number of rotatable bonds is 6. The highest BCUT2D eigenvalue weighted by Gasteiger charge is 2.24. The molecular weight excluding hydrogens is 293 g/mol. The van der Waals surface area contributed by atoms with E-state index in [1.165, 1.54) is 6.07 Å². The molecule has 1 unspecified atom stereocenters. The van der Waals surface area contributed by atoms with Crippen molar-refractivity contribution in [1.29, 1.82) is 0 Å². The molecule has 1 N–H and O–H groups in total. The van der Waals surface area contributed by atoms with Gasteiger partial charge in [0.25, 0.3) is 0 Å². The maximum atomic E-state index is 13.8. The van der Waals surface area contributed by atoms with Gasteiger partial charge in [0.05, 0.1) is 18.1 Å².